The van der Waals surface area contributed by atoms with Crippen LogP contribution in [-0.2, 0) is 9.53 Å². The molecule has 0 unspecified atom stereocenters. The third kappa shape index (κ3) is 3.12. The van der Waals surface area contributed by atoms with E-state index in [9.17, 15) is 4.79 Å². The van der Waals surface area contributed by atoms with Crippen molar-refractivity contribution in [3.8, 4) is 0 Å². The Labute approximate surface area is 111 Å². The minimum atomic E-state index is -0.0104. The number of hydrogen-bond acceptors (Lipinski definition) is 3. The van der Waals surface area contributed by atoms with Crippen molar-refractivity contribution in [2.24, 2.45) is 11.8 Å². The summed E-state index contributed by atoms with van der Waals surface area (Å²) < 4.78 is 6.03. The molecule has 0 aromatic rings. The summed E-state index contributed by atoms with van der Waals surface area (Å²) >= 11 is 0. The van der Waals surface area contributed by atoms with Crippen LogP contribution in [0.3, 0.4) is 0 Å². The highest BCUT2D eigenvalue weighted by atomic mass is 16.5. The second-order valence-electron chi connectivity index (χ2n) is 6.44. The molecule has 0 aromatic carbocycles. The fraction of sp³-hybridized carbons (Fsp3) is 0.933. The van der Waals surface area contributed by atoms with Crippen LogP contribution in [0.2, 0.25) is 0 Å². The van der Waals surface area contributed by atoms with Gasteiger partial charge in [0.2, 0.25) is 0 Å². The predicted octanol–water partition coefficient (Wildman–Crippen LogP) is 2.49. The van der Waals surface area contributed by atoms with Crippen molar-refractivity contribution < 1.29 is 9.53 Å². The normalized spacial score (nSPS) is 29.4. The molecule has 1 aliphatic heterocycles. The molecule has 2 atom stereocenters. The first-order chi connectivity index (χ1) is 8.50. The molecular formula is C15H27NO2. The van der Waals surface area contributed by atoms with Crippen LogP contribution in [0.1, 0.15) is 47.0 Å². The van der Waals surface area contributed by atoms with E-state index >= 15 is 0 Å². The maximum atomic E-state index is 12.4. The average molecular weight is 253 g/mol. The molecule has 3 nitrogen and oxygen atoms in total. The van der Waals surface area contributed by atoms with Gasteiger partial charge in [-0.3, -0.25) is 9.69 Å². The third-order valence-electron chi connectivity index (χ3n) is 4.15. The maximum Gasteiger partial charge on any atom is 0.155 e. The Hall–Kier alpha value is -0.410. The van der Waals surface area contributed by atoms with Gasteiger partial charge in [0.15, 0.2) is 5.78 Å². The molecule has 1 saturated carbocycles. The fourth-order valence-corrected chi connectivity index (χ4v) is 2.77. The molecule has 1 heterocycles. The van der Waals surface area contributed by atoms with Crippen molar-refractivity contribution in [1.29, 1.82) is 0 Å². The maximum absolute atomic E-state index is 12.4. The minimum absolute atomic E-state index is 0.0104. The molecule has 0 spiro atoms. The molecule has 1 saturated heterocycles. The smallest absolute Gasteiger partial charge is 0.155 e. The summed E-state index contributed by atoms with van der Waals surface area (Å²) in [5.74, 6) is 1.22. The highest BCUT2D eigenvalue weighted by Crippen LogP contribution is 2.32. The van der Waals surface area contributed by atoms with Gasteiger partial charge < -0.3 is 4.74 Å². The molecule has 0 radical (unpaired) electrons. The molecule has 0 N–H and O–H groups in total. The number of ether oxygens (including phenoxy) is 1. The molecule has 0 amide bonds. The Balaban J connectivity index is 2.00. The zero-order chi connectivity index (χ0) is 13.3. The van der Waals surface area contributed by atoms with E-state index in [0.29, 0.717) is 11.8 Å². The summed E-state index contributed by atoms with van der Waals surface area (Å²) in [4.78, 5) is 14.7. The number of likely N-dealkylation sites (tertiary alicyclic amines) is 1. The second kappa shape index (κ2) is 5.70. The Morgan fingerprint density at radius 3 is 2.39 bits per heavy atom. The summed E-state index contributed by atoms with van der Waals surface area (Å²) in [5.41, 5.74) is 0. The number of carbonyl (C=O) groups is 1. The summed E-state index contributed by atoms with van der Waals surface area (Å²) in [6.07, 6.45) is 3.75. The Bertz CT molecular complexity index is 297. The lowest BCUT2D eigenvalue weighted by atomic mass is 9.97. The zero-order valence-corrected chi connectivity index (χ0v) is 12.2. The van der Waals surface area contributed by atoms with E-state index in [4.69, 9.17) is 4.74 Å². The molecule has 3 heteroatoms. The van der Waals surface area contributed by atoms with Gasteiger partial charge in [0.1, 0.15) is 0 Å². The van der Waals surface area contributed by atoms with Gasteiger partial charge in [0.25, 0.3) is 0 Å². The summed E-state index contributed by atoms with van der Waals surface area (Å²) in [6, 6.07) is 0.413. The fourth-order valence-electron chi connectivity index (χ4n) is 2.77. The molecule has 2 fully saturated rings. The average Bonchev–Trinajstić information content (AvgIpc) is 3.03. The summed E-state index contributed by atoms with van der Waals surface area (Å²) in [6.45, 7) is 10.2. The summed E-state index contributed by atoms with van der Waals surface area (Å²) in [5, 5.41) is 0. The van der Waals surface area contributed by atoms with Gasteiger partial charge in [0, 0.05) is 25.1 Å². The van der Waals surface area contributed by atoms with E-state index in [-0.39, 0.29) is 18.1 Å². The lowest BCUT2D eigenvalue weighted by Crippen LogP contribution is -2.47. The molecule has 18 heavy (non-hydrogen) atoms. The topological polar surface area (TPSA) is 29.5 Å². The van der Waals surface area contributed by atoms with Crippen LogP contribution in [0, 0.1) is 11.8 Å². The zero-order valence-electron chi connectivity index (χ0n) is 12.2. The van der Waals surface area contributed by atoms with E-state index < -0.39 is 0 Å². The summed E-state index contributed by atoms with van der Waals surface area (Å²) in [7, 11) is 0. The van der Waals surface area contributed by atoms with Crippen molar-refractivity contribution in [2.75, 3.05) is 13.2 Å². The van der Waals surface area contributed by atoms with Gasteiger partial charge in [-0.25, -0.2) is 0 Å². The number of Topliss-reactive ketones (excluding diaryl/α,β-unsaturated/α-hetero) is 1. The monoisotopic (exact) mass is 253 g/mol. The van der Waals surface area contributed by atoms with Crippen molar-refractivity contribution >= 4 is 5.78 Å². The van der Waals surface area contributed by atoms with Crippen molar-refractivity contribution in [2.45, 2.75) is 65.1 Å². The van der Waals surface area contributed by atoms with Crippen LogP contribution in [0.5, 0.6) is 0 Å². The van der Waals surface area contributed by atoms with Gasteiger partial charge in [0.05, 0.1) is 12.1 Å². The molecule has 0 aromatic heterocycles. The van der Waals surface area contributed by atoms with E-state index in [1.54, 1.807) is 0 Å². The van der Waals surface area contributed by atoms with E-state index in [1.807, 2.05) is 13.8 Å². The van der Waals surface area contributed by atoms with Gasteiger partial charge in [-0.1, -0.05) is 13.8 Å². The molecule has 2 aliphatic rings. The molecular weight excluding hydrogens is 226 g/mol. The molecule has 2 rings (SSSR count). The quantitative estimate of drug-likeness (QED) is 0.728. The molecule has 1 aliphatic carbocycles. The Morgan fingerprint density at radius 1 is 1.22 bits per heavy atom. The van der Waals surface area contributed by atoms with Crippen LogP contribution in [0.15, 0.2) is 0 Å². The number of ketones is 1. The lowest BCUT2D eigenvalue weighted by molar-refractivity contribution is -0.131. The highest BCUT2D eigenvalue weighted by molar-refractivity contribution is 5.86. The van der Waals surface area contributed by atoms with Crippen LogP contribution in [-0.4, -0.2) is 42.0 Å². The highest BCUT2D eigenvalue weighted by Gasteiger charge is 2.42. The third-order valence-corrected chi connectivity index (χ3v) is 4.15. The number of rotatable bonds is 6. The lowest BCUT2D eigenvalue weighted by Gasteiger charge is -2.31. The van der Waals surface area contributed by atoms with Gasteiger partial charge in [-0.15, -0.1) is 0 Å². The standard InChI is InChI=1S/C15H27NO2/c1-10(2)15(17)14-13(18-9-12-5-6-12)7-8-16(14)11(3)4/h10-14H,5-9H2,1-4H3/t13-,14-/m0/s1. The first-order valence-electron chi connectivity index (χ1n) is 7.41. The first-order valence-corrected chi connectivity index (χ1v) is 7.41. The van der Waals surface area contributed by atoms with Crippen LogP contribution in [0.4, 0.5) is 0 Å². The Morgan fingerprint density at radius 2 is 1.89 bits per heavy atom. The van der Waals surface area contributed by atoms with Crippen LogP contribution in [0.25, 0.3) is 0 Å². The molecule has 0 bridgehead atoms. The van der Waals surface area contributed by atoms with Crippen LogP contribution >= 0.6 is 0 Å². The largest absolute Gasteiger partial charge is 0.376 e. The number of hydrogen-bond donors (Lipinski definition) is 0. The number of carbonyl (C=O) groups excluding carboxylic acids is 1. The first kappa shape index (κ1) is 14.0. The SMILES string of the molecule is CC(C)C(=O)[C@@H]1[C@@H](OCC2CC2)CCN1C(C)C. The van der Waals surface area contributed by atoms with Crippen molar-refractivity contribution in [3.63, 3.8) is 0 Å². The van der Waals surface area contributed by atoms with E-state index in [0.717, 1.165) is 25.5 Å². The van der Waals surface area contributed by atoms with Gasteiger partial charge in [-0.2, -0.15) is 0 Å². The predicted molar refractivity (Wildman–Crippen MR) is 72.6 cm³/mol. The minimum Gasteiger partial charge on any atom is -0.376 e. The van der Waals surface area contributed by atoms with E-state index in [2.05, 4.69) is 18.7 Å². The van der Waals surface area contributed by atoms with Gasteiger partial charge in [-0.05, 0) is 39.0 Å². The van der Waals surface area contributed by atoms with Crippen molar-refractivity contribution in [1.82, 2.24) is 4.90 Å². The van der Waals surface area contributed by atoms with Crippen molar-refractivity contribution in [3.05, 3.63) is 0 Å². The van der Waals surface area contributed by atoms with E-state index in [1.165, 1.54) is 12.8 Å². The second-order valence-corrected chi connectivity index (χ2v) is 6.44. The van der Waals surface area contributed by atoms with Gasteiger partial charge >= 0.3 is 0 Å². The van der Waals surface area contributed by atoms with Crippen LogP contribution < -0.4 is 0 Å². The Kier molecular flexibility index (Phi) is 4.44. The molecule has 104 valence electrons. The number of nitrogens with zero attached hydrogens (tertiary/aromatic N) is 1.